The van der Waals surface area contributed by atoms with Gasteiger partial charge in [-0.2, -0.15) is 13.2 Å². The van der Waals surface area contributed by atoms with E-state index in [-0.39, 0.29) is 12.2 Å². The minimum Gasteiger partial charge on any atom is -0.479 e. The standard InChI is InChI=1S/C18H16F3NO4/c19-18(20,21)17(15(23)24,11-13-7-3-1-4-8-13)22-16(25)26-12-14-9-5-2-6-10-14/h1-10H,11-12H2,(H,22,25)(H,23,24)/t17-/m1/s1. The van der Waals surface area contributed by atoms with Crippen LogP contribution in [-0.4, -0.2) is 28.9 Å². The smallest absolute Gasteiger partial charge is 0.422 e. The molecular weight excluding hydrogens is 351 g/mol. The van der Waals surface area contributed by atoms with Crippen LogP contribution in [-0.2, 0) is 22.6 Å². The SMILES string of the molecule is O=C(N[C@](Cc1ccccc1)(C(=O)O)C(F)(F)F)OCc1ccccc1. The van der Waals surface area contributed by atoms with Crippen molar-refractivity contribution >= 4 is 12.1 Å². The van der Waals surface area contributed by atoms with Gasteiger partial charge in [0.25, 0.3) is 0 Å². The van der Waals surface area contributed by atoms with Crippen molar-refractivity contribution in [1.82, 2.24) is 5.32 Å². The fourth-order valence-electron chi connectivity index (χ4n) is 2.30. The quantitative estimate of drug-likeness (QED) is 0.819. The molecule has 1 amide bonds. The van der Waals surface area contributed by atoms with E-state index in [4.69, 9.17) is 4.74 Å². The summed E-state index contributed by atoms with van der Waals surface area (Å²) in [5.41, 5.74) is -2.84. The maximum Gasteiger partial charge on any atom is 0.422 e. The van der Waals surface area contributed by atoms with E-state index in [9.17, 15) is 27.9 Å². The number of aliphatic carboxylic acids is 1. The molecule has 2 rings (SSSR count). The Hall–Kier alpha value is -3.03. The van der Waals surface area contributed by atoms with Gasteiger partial charge in [-0.3, -0.25) is 5.32 Å². The number of rotatable bonds is 6. The molecule has 0 aliphatic carbocycles. The number of amides is 1. The van der Waals surface area contributed by atoms with Gasteiger partial charge in [0.15, 0.2) is 0 Å². The third kappa shape index (κ3) is 4.53. The topological polar surface area (TPSA) is 75.6 Å². The number of nitrogens with one attached hydrogen (secondary N) is 1. The molecule has 0 saturated carbocycles. The van der Waals surface area contributed by atoms with E-state index in [0.29, 0.717) is 5.56 Å². The lowest BCUT2D eigenvalue weighted by Crippen LogP contribution is -2.65. The van der Waals surface area contributed by atoms with Gasteiger partial charge in [-0.25, -0.2) is 9.59 Å². The zero-order valence-corrected chi connectivity index (χ0v) is 13.5. The highest BCUT2D eigenvalue weighted by Crippen LogP contribution is 2.34. The van der Waals surface area contributed by atoms with E-state index in [1.165, 1.54) is 29.6 Å². The number of carbonyl (C=O) groups is 2. The Kier molecular flexibility index (Phi) is 5.86. The second kappa shape index (κ2) is 7.90. The number of carboxylic acid groups (broad SMARTS) is 1. The maximum atomic E-state index is 13.6. The number of carboxylic acids is 1. The fraction of sp³-hybridized carbons (Fsp3) is 0.222. The van der Waals surface area contributed by atoms with Gasteiger partial charge in [-0.05, 0) is 11.1 Å². The molecule has 5 nitrogen and oxygen atoms in total. The Morgan fingerprint density at radius 3 is 1.88 bits per heavy atom. The van der Waals surface area contributed by atoms with Gasteiger partial charge in [0.1, 0.15) is 6.61 Å². The zero-order valence-electron chi connectivity index (χ0n) is 13.5. The molecule has 0 fully saturated rings. The lowest BCUT2D eigenvalue weighted by Gasteiger charge is -2.32. The highest BCUT2D eigenvalue weighted by atomic mass is 19.4. The molecule has 0 aliphatic heterocycles. The van der Waals surface area contributed by atoms with E-state index < -0.39 is 30.2 Å². The van der Waals surface area contributed by atoms with E-state index in [1.54, 1.807) is 36.4 Å². The van der Waals surface area contributed by atoms with Crippen LogP contribution >= 0.6 is 0 Å². The number of alkyl carbamates (subject to hydrolysis) is 1. The molecule has 2 N–H and O–H groups in total. The number of benzene rings is 2. The summed E-state index contributed by atoms with van der Waals surface area (Å²) in [5, 5.41) is 10.8. The van der Waals surface area contributed by atoms with Crippen molar-refractivity contribution in [2.75, 3.05) is 0 Å². The summed E-state index contributed by atoms with van der Waals surface area (Å²) < 4.78 is 45.5. The average molecular weight is 367 g/mol. The molecule has 0 aliphatic rings. The van der Waals surface area contributed by atoms with Crippen LogP contribution in [0.15, 0.2) is 60.7 Å². The minimum absolute atomic E-state index is 0.107. The predicted octanol–water partition coefficient (Wildman–Crippen LogP) is 3.54. The summed E-state index contributed by atoms with van der Waals surface area (Å²) in [6.07, 6.45) is -7.67. The van der Waals surface area contributed by atoms with Crippen LogP contribution in [0.4, 0.5) is 18.0 Å². The molecule has 0 aromatic heterocycles. The van der Waals surface area contributed by atoms with Gasteiger partial charge in [0.2, 0.25) is 5.54 Å². The van der Waals surface area contributed by atoms with Crippen molar-refractivity contribution in [2.45, 2.75) is 24.7 Å². The fourth-order valence-corrected chi connectivity index (χ4v) is 2.30. The first-order chi connectivity index (χ1) is 12.2. The predicted molar refractivity (Wildman–Crippen MR) is 86.3 cm³/mol. The van der Waals surface area contributed by atoms with Gasteiger partial charge < -0.3 is 9.84 Å². The van der Waals surface area contributed by atoms with Gasteiger partial charge >= 0.3 is 18.2 Å². The first-order valence-electron chi connectivity index (χ1n) is 7.57. The Bertz CT molecular complexity index is 750. The van der Waals surface area contributed by atoms with Crippen LogP contribution in [0.3, 0.4) is 0 Å². The average Bonchev–Trinajstić information content (AvgIpc) is 2.60. The minimum atomic E-state index is -5.24. The van der Waals surface area contributed by atoms with E-state index in [0.717, 1.165) is 0 Å². The molecule has 138 valence electrons. The maximum absolute atomic E-state index is 13.6. The number of ether oxygens (including phenoxy) is 1. The number of alkyl halides is 3. The second-order valence-electron chi connectivity index (χ2n) is 5.56. The van der Waals surface area contributed by atoms with Crippen molar-refractivity contribution in [3.05, 3.63) is 71.8 Å². The Morgan fingerprint density at radius 2 is 1.42 bits per heavy atom. The molecule has 2 aromatic rings. The second-order valence-corrected chi connectivity index (χ2v) is 5.56. The number of halogens is 3. The highest BCUT2D eigenvalue weighted by molar-refractivity contribution is 5.85. The summed E-state index contributed by atoms with van der Waals surface area (Å²) in [7, 11) is 0. The van der Waals surface area contributed by atoms with Crippen molar-refractivity contribution < 1.29 is 32.6 Å². The molecule has 0 bridgehead atoms. The summed E-state index contributed by atoms with van der Waals surface area (Å²) in [4.78, 5) is 23.4. The molecule has 0 saturated heterocycles. The van der Waals surface area contributed by atoms with Crippen LogP contribution in [0.1, 0.15) is 11.1 Å². The molecule has 26 heavy (non-hydrogen) atoms. The van der Waals surface area contributed by atoms with Crippen molar-refractivity contribution in [3.8, 4) is 0 Å². The first-order valence-corrected chi connectivity index (χ1v) is 7.57. The van der Waals surface area contributed by atoms with Crippen molar-refractivity contribution in [1.29, 1.82) is 0 Å². The Balaban J connectivity index is 2.20. The lowest BCUT2D eigenvalue weighted by atomic mass is 9.90. The van der Waals surface area contributed by atoms with Gasteiger partial charge in [0.05, 0.1) is 0 Å². The summed E-state index contributed by atoms with van der Waals surface area (Å²) >= 11 is 0. The number of carbonyl (C=O) groups excluding carboxylic acids is 1. The van der Waals surface area contributed by atoms with Crippen LogP contribution < -0.4 is 5.32 Å². The Labute approximate surface area is 147 Å². The van der Waals surface area contributed by atoms with Gasteiger partial charge in [-0.1, -0.05) is 60.7 Å². The third-order valence-electron chi connectivity index (χ3n) is 3.69. The number of hydrogen-bond donors (Lipinski definition) is 2. The monoisotopic (exact) mass is 367 g/mol. The van der Waals surface area contributed by atoms with Gasteiger partial charge in [0, 0.05) is 6.42 Å². The van der Waals surface area contributed by atoms with Crippen LogP contribution in [0.25, 0.3) is 0 Å². The van der Waals surface area contributed by atoms with Crippen molar-refractivity contribution in [3.63, 3.8) is 0 Å². The van der Waals surface area contributed by atoms with E-state index in [2.05, 4.69) is 0 Å². The molecule has 0 unspecified atom stereocenters. The largest absolute Gasteiger partial charge is 0.479 e. The molecule has 8 heteroatoms. The molecule has 2 aromatic carbocycles. The molecule has 0 spiro atoms. The summed E-state index contributed by atoms with van der Waals surface area (Å²) in [5.74, 6) is -2.22. The molecule has 1 atom stereocenters. The van der Waals surface area contributed by atoms with E-state index >= 15 is 0 Å². The normalized spacial score (nSPS) is 13.5. The highest BCUT2D eigenvalue weighted by Gasteiger charge is 2.62. The summed E-state index contributed by atoms with van der Waals surface area (Å²) in [6, 6.07) is 15.5. The Morgan fingerprint density at radius 1 is 0.923 bits per heavy atom. The van der Waals surface area contributed by atoms with E-state index in [1.807, 2.05) is 0 Å². The first kappa shape index (κ1) is 19.3. The number of hydrogen-bond acceptors (Lipinski definition) is 3. The van der Waals surface area contributed by atoms with Crippen LogP contribution in [0, 0.1) is 0 Å². The molecular formula is C18H16F3NO4. The zero-order chi connectivity index (χ0) is 19.2. The van der Waals surface area contributed by atoms with Crippen LogP contribution in [0.2, 0.25) is 0 Å². The van der Waals surface area contributed by atoms with Gasteiger partial charge in [-0.15, -0.1) is 0 Å². The third-order valence-corrected chi connectivity index (χ3v) is 3.69. The van der Waals surface area contributed by atoms with Crippen LogP contribution in [0.5, 0.6) is 0 Å². The van der Waals surface area contributed by atoms with Crippen molar-refractivity contribution in [2.24, 2.45) is 0 Å². The molecule has 0 radical (unpaired) electrons. The summed E-state index contributed by atoms with van der Waals surface area (Å²) in [6.45, 7) is -0.286. The molecule has 0 heterocycles. The lowest BCUT2D eigenvalue weighted by molar-refractivity contribution is -0.208.